The van der Waals surface area contributed by atoms with Gasteiger partial charge in [-0.05, 0) is 31.1 Å². The minimum atomic E-state index is 0.724. The van der Waals surface area contributed by atoms with E-state index in [1.807, 2.05) is 0 Å². The Bertz CT molecular complexity index is 259. The second kappa shape index (κ2) is 2.96. The molecule has 0 aromatic heterocycles. The number of nitrogens with zero attached hydrogens (tertiary/aromatic N) is 1. The molecule has 4 aliphatic rings. The molecule has 4 rings (SSSR count). The average Bonchev–Trinajstić information content (AvgIpc) is 2.75. The summed E-state index contributed by atoms with van der Waals surface area (Å²) in [7, 11) is 0. The van der Waals surface area contributed by atoms with E-state index in [-0.39, 0.29) is 0 Å². The zero-order valence-corrected chi connectivity index (χ0v) is 9.24. The number of hydrogen-bond donors (Lipinski definition) is 1. The molecule has 0 bridgehead atoms. The number of nitrogens with one attached hydrogen (secondary N) is 1. The summed E-state index contributed by atoms with van der Waals surface area (Å²) >= 11 is 0. The van der Waals surface area contributed by atoms with Crippen molar-refractivity contribution in [1.82, 2.24) is 10.2 Å². The monoisotopic (exact) mass is 208 g/mol. The van der Waals surface area contributed by atoms with Crippen molar-refractivity contribution in [2.45, 2.75) is 43.8 Å². The molecule has 3 heteroatoms. The molecule has 0 aromatic rings. The van der Waals surface area contributed by atoms with Crippen LogP contribution in [0.2, 0.25) is 0 Å². The summed E-state index contributed by atoms with van der Waals surface area (Å²) in [4.78, 5) is 2.62. The Labute approximate surface area is 91.2 Å². The largest absolute Gasteiger partial charge is 0.378 e. The molecule has 0 aromatic carbocycles. The lowest BCUT2D eigenvalue weighted by Crippen LogP contribution is -2.70. The Kier molecular flexibility index (Phi) is 1.77. The summed E-state index contributed by atoms with van der Waals surface area (Å²) in [5, 5.41) is 3.74. The van der Waals surface area contributed by atoms with E-state index < -0.39 is 0 Å². The Morgan fingerprint density at radius 3 is 2.33 bits per heavy atom. The van der Waals surface area contributed by atoms with E-state index in [9.17, 15) is 0 Å². The van der Waals surface area contributed by atoms with E-state index in [2.05, 4.69) is 10.2 Å². The zero-order chi connectivity index (χ0) is 9.88. The summed E-state index contributed by atoms with van der Waals surface area (Å²) in [6.07, 6.45) is 5.73. The van der Waals surface area contributed by atoms with E-state index in [0.29, 0.717) is 0 Å². The molecule has 2 saturated heterocycles. The Morgan fingerprint density at radius 1 is 1.07 bits per heavy atom. The molecule has 0 unspecified atom stereocenters. The maximum Gasteiger partial charge on any atom is 0.0645 e. The van der Waals surface area contributed by atoms with Crippen molar-refractivity contribution in [3.8, 4) is 0 Å². The number of ether oxygens (including phenoxy) is 1. The molecule has 2 aliphatic carbocycles. The van der Waals surface area contributed by atoms with Crippen molar-refractivity contribution in [3.63, 3.8) is 0 Å². The first-order chi connectivity index (χ1) is 7.33. The fourth-order valence-corrected chi connectivity index (χ4v) is 3.45. The second-order valence-corrected chi connectivity index (χ2v) is 6.14. The molecule has 0 amide bonds. The third kappa shape index (κ3) is 1.44. The van der Waals surface area contributed by atoms with Crippen molar-refractivity contribution in [1.29, 1.82) is 0 Å². The van der Waals surface area contributed by atoms with Gasteiger partial charge in [0.25, 0.3) is 0 Å². The third-order valence-corrected chi connectivity index (χ3v) is 4.62. The third-order valence-electron chi connectivity index (χ3n) is 4.62. The van der Waals surface area contributed by atoms with E-state index in [0.717, 1.165) is 36.8 Å². The fraction of sp³-hybridized carbons (Fsp3) is 1.00. The number of likely N-dealkylation sites (tertiary alicyclic amines) is 1. The van der Waals surface area contributed by atoms with Gasteiger partial charge in [0.15, 0.2) is 0 Å². The molecule has 15 heavy (non-hydrogen) atoms. The predicted molar refractivity (Wildman–Crippen MR) is 57.8 cm³/mol. The minimum Gasteiger partial charge on any atom is -0.378 e. The molecule has 1 N–H and O–H groups in total. The first-order valence-corrected chi connectivity index (χ1v) is 6.41. The molecule has 0 radical (unpaired) electrons. The van der Waals surface area contributed by atoms with Gasteiger partial charge < -0.3 is 10.1 Å². The van der Waals surface area contributed by atoms with E-state index in [1.54, 1.807) is 0 Å². The first-order valence-electron chi connectivity index (χ1n) is 6.41. The van der Waals surface area contributed by atoms with Crippen LogP contribution in [0.25, 0.3) is 0 Å². The minimum absolute atomic E-state index is 0.724. The number of rotatable bonds is 3. The van der Waals surface area contributed by atoms with Gasteiger partial charge >= 0.3 is 0 Å². The predicted octanol–water partition coefficient (Wildman–Crippen LogP) is 0.602. The van der Waals surface area contributed by atoms with Gasteiger partial charge in [-0.1, -0.05) is 0 Å². The summed E-state index contributed by atoms with van der Waals surface area (Å²) < 4.78 is 5.24. The molecule has 4 fully saturated rings. The standard InChI is InChI=1S/C12H20N2O/c1-2-9(1)13-10-3-12(4-10)7-14(8-12)11-5-15-6-11/h9-11,13H,1-8H2. The summed E-state index contributed by atoms with van der Waals surface area (Å²) in [6.45, 7) is 4.67. The second-order valence-electron chi connectivity index (χ2n) is 6.14. The summed E-state index contributed by atoms with van der Waals surface area (Å²) in [6, 6.07) is 2.52. The van der Waals surface area contributed by atoms with Crippen LogP contribution in [0.1, 0.15) is 25.7 Å². The molecule has 3 nitrogen and oxygen atoms in total. The van der Waals surface area contributed by atoms with Crippen LogP contribution in [0.15, 0.2) is 0 Å². The first kappa shape index (κ1) is 8.97. The quantitative estimate of drug-likeness (QED) is 0.735. The van der Waals surface area contributed by atoms with Crippen molar-refractivity contribution < 1.29 is 4.74 Å². The van der Waals surface area contributed by atoms with Gasteiger partial charge in [-0.3, -0.25) is 4.90 Å². The highest BCUT2D eigenvalue weighted by Gasteiger charge is 2.54. The van der Waals surface area contributed by atoms with Crippen LogP contribution in [0.5, 0.6) is 0 Å². The fourth-order valence-electron chi connectivity index (χ4n) is 3.45. The average molecular weight is 208 g/mol. The Morgan fingerprint density at radius 2 is 1.80 bits per heavy atom. The highest BCUT2D eigenvalue weighted by molar-refractivity contribution is 5.09. The summed E-state index contributed by atoms with van der Waals surface area (Å²) in [5.41, 5.74) is 0.724. The highest BCUT2D eigenvalue weighted by Crippen LogP contribution is 2.50. The lowest BCUT2D eigenvalue weighted by molar-refractivity contribution is -0.160. The zero-order valence-electron chi connectivity index (χ0n) is 9.24. The van der Waals surface area contributed by atoms with E-state index in [1.165, 1.54) is 38.8 Å². The van der Waals surface area contributed by atoms with Gasteiger partial charge in [0.05, 0.1) is 19.3 Å². The summed E-state index contributed by atoms with van der Waals surface area (Å²) in [5.74, 6) is 0. The van der Waals surface area contributed by atoms with Gasteiger partial charge in [0, 0.05) is 25.2 Å². The lowest BCUT2D eigenvalue weighted by Gasteiger charge is -2.62. The number of hydrogen-bond acceptors (Lipinski definition) is 3. The molecule has 1 spiro atoms. The van der Waals surface area contributed by atoms with Crippen molar-refractivity contribution >= 4 is 0 Å². The normalized spacial score (nSPS) is 36.0. The van der Waals surface area contributed by atoms with Crippen LogP contribution < -0.4 is 5.32 Å². The van der Waals surface area contributed by atoms with Crippen LogP contribution in [0, 0.1) is 5.41 Å². The van der Waals surface area contributed by atoms with E-state index in [4.69, 9.17) is 4.74 Å². The SMILES string of the molecule is C1CC1NC1CC2(C1)CN(C1COC1)C2. The van der Waals surface area contributed by atoms with Gasteiger partial charge in [-0.2, -0.15) is 0 Å². The highest BCUT2D eigenvalue weighted by atomic mass is 16.5. The van der Waals surface area contributed by atoms with Gasteiger partial charge in [-0.25, -0.2) is 0 Å². The smallest absolute Gasteiger partial charge is 0.0645 e. The molecule has 84 valence electrons. The molecule has 2 heterocycles. The van der Waals surface area contributed by atoms with Crippen molar-refractivity contribution in [2.24, 2.45) is 5.41 Å². The van der Waals surface area contributed by atoms with Gasteiger partial charge in [0.2, 0.25) is 0 Å². The Balaban J connectivity index is 1.24. The van der Waals surface area contributed by atoms with Crippen LogP contribution in [0.4, 0.5) is 0 Å². The van der Waals surface area contributed by atoms with Crippen LogP contribution in [-0.4, -0.2) is 49.3 Å². The molecular formula is C12H20N2O. The van der Waals surface area contributed by atoms with Crippen LogP contribution >= 0.6 is 0 Å². The van der Waals surface area contributed by atoms with Gasteiger partial charge in [0.1, 0.15) is 0 Å². The molecule has 2 saturated carbocycles. The lowest BCUT2D eigenvalue weighted by atomic mass is 9.60. The maximum atomic E-state index is 5.24. The van der Waals surface area contributed by atoms with Crippen molar-refractivity contribution in [2.75, 3.05) is 26.3 Å². The van der Waals surface area contributed by atoms with E-state index >= 15 is 0 Å². The Hall–Kier alpha value is -0.120. The molecule has 2 aliphatic heterocycles. The molecular weight excluding hydrogens is 188 g/mol. The van der Waals surface area contributed by atoms with Crippen molar-refractivity contribution in [3.05, 3.63) is 0 Å². The van der Waals surface area contributed by atoms with Gasteiger partial charge in [-0.15, -0.1) is 0 Å². The molecule has 0 atom stereocenters. The topological polar surface area (TPSA) is 24.5 Å². The van der Waals surface area contributed by atoms with Crippen LogP contribution in [0.3, 0.4) is 0 Å². The maximum absolute atomic E-state index is 5.24. The van der Waals surface area contributed by atoms with Crippen LogP contribution in [-0.2, 0) is 4.74 Å².